The van der Waals surface area contributed by atoms with Crippen LogP contribution in [-0.4, -0.2) is 48.9 Å². The fraction of sp³-hybridized carbons (Fsp3) is 0.522. The van der Waals surface area contributed by atoms with Crippen LogP contribution in [0.2, 0.25) is 0 Å². The Balaban J connectivity index is 1.70. The number of fused-ring (bicyclic) bond motifs is 1. The summed E-state index contributed by atoms with van der Waals surface area (Å²) < 4.78 is 10.5. The Morgan fingerprint density at radius 2 is 1.71 bits per heavy atom. The Hall–Kier alpha value is -2.71. The van der Waals surface area contributed by atoms with Crippen molar-refractivity contribution in [3.63, 3.8) is 0 Å². The molecule has 2 atom stereocenters. The molecule has 31 heavy (non-hydrogen) atoms. The first-order valence-corrected chi connectivity index (χ1v) is 10.9. The van der Waals surface area contributed by atoms with Gasteiger partial charge < -0.3 is 9.30 Å². The van der Waals surface area contributed by atoms with Gasteiger partial charge in [-0.2, -0.15) is 0 Å². The van der Waals surface area contributed by atoms with Crippen LogP contribution in [-0.2, 0) is 38.3 Å². The van der Waals surface area contributed by atoms with Gasteiger partial charge in [0, 0.05) is 33.7 Å². The summed E-state index contributed by atoms with van der Waals surface area (Å²) in [4.78, 5) is 32.6. The third kappa shape index (κ3) is 4.36. The van der Waals surface area contributed by atoms with E-state index in [0.717, 1.165) is 31.8 Å². The maximum Gasteiger partial charge on any atom is 0.332 e. The minimum atomic E-state index is -0.355. The molecule has 0 unspecified atom stereocenters. The van der Waals surface area contributed by atoms with Crippen molar-refractivity contribution in [2.24, 2.45) is 14.1 Å². The van der Waals surface area contributed by atoms with Crippen molar-refractivity contribution in [3.8, 4) is 0 Å². The van der Waals surface area contributed by atoms with Gasteiger partial charge in [-0.1, -0.05) is 30.3 Å². The predicted molar refractivity (Wildman–Crippen MR) is 120 cm³/mol. The second-order valence-corrected chi connectivity index (χ2v) is 8.60. The van der Waals surface area contributed by atoms with Crippen LogP contribution in [0.4, 0.5) is 0 Å². The number of aromatic nitrogens is 4. The molecule has 0 spiro atoms. The minimum absolute atomic E-state index is 0.150. The van der Waals surface area contributed by atoms with E-state index in [-0.39, 0.29) is 23.5 Å². The Bertz CT molecular complexity index is 1170. The fourth-order valence-electron chi connectivity index (χ4n) is 4.55. The quantitative estimate of drug-likeness (QED) is 0.601. The predicted octanol–water partition coefficient (Wildman–Crippen LogP) is 1.68. The van der Waals surface area contributed by atoms with E-state index in [1.807, 2.05) is 22.8 Å². The maximum atomic E-state index is 13.0. The summed E-state index contributed by atoms with van der Waals surface area (Å²) in [5, 5.41) is 0. The lowest BCUT2D eigenvalue weighted by Crippen LogP contribution is -2.45. The van der Waals surface area contributed by atoms with Gasteiger partial charge in [-0.3, -0.25) is 18.8 Å². The highest BCUT2D eigenvalue weighted by molar-refractivity contribution is 5.71. The van der Waals surface area contributed by atoms with E-state index in [1.165, 1.54) is 21.7 Å². The van der Waals surface area contributed by atoms with Gasteiger partial charge >= 0.3 is 5.69 Å². The van der Waals surface area contributed by atoms with Crippen LogP contribution in [0.5, 0.6) is 0 Å². The summed E-state index contributed by atoms with van der Waals surface area (Å²) in [5.74, 6) is 0.822. The summed E-state index contributed by atoms with van der Waals surface area (Å²) in [7, 11) is 3.20. The molecule has 3 aromatic rings. The number of nitrogens with zero attached hydrogens (tertiary/aromatic N) is 5. The molecule has 1 fully saturated rings. The average Bonchev–Trinajstić information content (AvgIpc) is 3.09. The highest BCUT2D eigenvalue weighted by Crippen LogP contribution is 2.18. The van der Waals surface area contributed by atoms with E-state index in [1.54, 1.807) is 7.05 Å². The number of aryl methyl sites for hydroxylation is 3. The van der Waals surface area contributed by atoms with Gasteiger partial charge in [-0.25, -0.2) is 9.78 Å². The third-order valence-electron chi connectivity index (χ3n) is 5.98. The zero-order chi connectivity index (χ0) is 22.1. The van der Waals surface area contributed by atoms with Crippen LogP contribution < -0.4 is 11.2 Å². The fourth-order valence-corrected chi connectivity index (χ4v) is 4.55. The molecule has 0 bridgehead atoms. The van der Waals surface area contributed by atoms with Gasteiger partial charge in [0.05, 0.1) is 18.8 Å². The number of morpholine rings is 1. The molecule has 0 amide bonds. The van der Waals surface area contributed by atoms with Crippen LogP contribution >= 0.6 is 0 Å². The van der Waals surface area contributed by atoms with E-state index >= 15 is 0 Å². The summed E-state index contributed by atoms with van der Waals surface area (Å²) >= 11 is 0. The zero-order valence-electron chi connectivity index (χ0n) is 18.7. The van der Waals surface area contributed by atoms with Gasteiger partial charge in [-0.05, 0) is 32.3 Å². The van der Waals surface area contributed by atoms with E-state index in [4.69, 9.17) is 9.72 Å². The van der Waals surface area contributed by atoms with Gasteiger partial charge in [0.2, 0.25) is 0 Å². The number of hydrogen-bond acceptors (Lipinski definition) is 5. The van der Waals surface area contributed by atoms with Gasteiger partial charge in [0.1, 0.15) is 5.82 Å². The monoisotopic (exact) mass is 425 g/mol. The first-order valence-electron chi connectivity index (χ1n) is 10.9. The van der Waals surface area contributed by atoms with Crippen LogP contribution in [0, 0.1) is 0 Å². The van der Waals surface area contributed by atoms with Gasteiger partial charge in [0.25, 0.3) is 5.56 Å². The molecule has 8 nitrogen and oxygen atoms in total. The second-order valence-electron chi connectivity index (χ2n) is 8.60. The van der Waals surface area contributed by atoms with E-state index in [0.29, 0.717) is 24.3 Å². The van der Waals surface area contributed by atoms with Crippen molar-refractivity contribution in [2.45, 2.75) is 52.0 Å². The zero-order valence-corrected chi connectivity index (χ0v) is 18.7. The smallest absolute Gasteiger partial charge is 0.332 e. The molecule has 0 N–H and O–H groups in total. The molecule has 2 aromatic heterocycles. The Kier molecular flexibility index (Phi) is 6.11. The van der Waals surface area contributed by atoms with Crippen LogP contribution in [0.25, 0.3) is 11.2 Å². The van der Waals surface area contributed by atoms with Crippen molar-refractivity contribution in [2.75, 3.05) is 13.1 Å². The number of hydrogen-bond donors (Lipinski definition) is 0. The van der Waals surface area contributed by atoms with Gasteiger partial charge in [-0.15, -0.1) is 0 Å². The van der Waals surface area contributed by atoms with E-state index < -0.39 is 0 Å². The molecule has 0 aliphatic carbocycles. The molecule has 3 heterocycles. The van der Waals surface area contributed by atoms with E-state index in [9.17, 15) is 9.59 Å². The molecule has 8 heteroatoms. The molecule has 1 aromatic carbocycles. The van der Waals surface area contributed by atoms with Crippen molar-refractivity contribution >= 4 is 11.2 Å². The molecular weight excluding hydrogens is 394 g/mol. The SMILES string of the molecule is C[C@@H]1CN(Cc2nc3c(c(=O)n(C)c(=O)n3C)n2CCCc2ccccc2)C[C@@H](C)O1. The second kappa shape index (κ2) is 8.80. The Morgan fingerprint density at radius 3 is 2.39 bits per heavy atom. The summed E-state index contributed by atoms with van der Waals surface area (Å²) in [6.45, 7) is 7.07. The van der Waals surface area contributed by atoms with Crippen molar-refractivity contribution < 1.29 is 4.74 Å². The average molecular weight is 426 g/mol. The summed E-state index contributed by atoms with van der Waals surface area (Å²) in [6, 6.07) is 10.3. The standard InChI is InChI=1S/C23H31N5O3/c1-16-13-27(14-17(2)31-16)15-19-24-21-20(22(29)26(4)23(30)25(21)3)28(19)12-8-11-18-9-6-5-7-10-18/h5-7,9-10,16-17H,8,11-15H2,1-4H3/t16-,17-/m1/s1. The number of rotatable bonds is 6. The van der Waals surface area contributed by atoms with Crippen molar-refractivity contribution in [1.29, 1.82) is 0 Å². The molecule has 1 saturated heterocycles. The molecule has 1 aliphatic rings. The first kappa shape index (κ1) is 21.5. The van der Waals surface area contributed by atoms with E-state index in [2.05, 4.69) is 30.9 Å². The highest BCUT2D eigenvalue weighted by Gasteiger charge is 2.25. The molecule has 0 radical (unpaired) electrons. The van der Waals surface area contributed by atoms with Crippen LogP contribution in [0.3, 0.4) is 0 Å². The first-order chi connectivity index (χ1) is 14.8. The summed E-state index contributed by atoms with van der Waals surface area (Å²) in [6.07, 6.45) is 2.09. The highest BCUT2D eigenvalue weighted by atomic mass is 16.5. The molecule has 166 valence electrons. The molecule has 1 aliphatic heterocycles. The van der Waals surface area contributed by atoms with Crippen LogP contribution in [0.15, 0.2) is 39.9 Å². The lowest BCUT2D eigenvalue weighted by atomic mass is 10.1. The number of imidazole rings is 1. The topological polar surface area (TPSA) is 74.3 Å². The minimum Gasteiger partial charge on any atom is -0.373 e. The third-order valence-corrected chi connectivity index (χ3v) is 5.98. The largest absolute Gasteiger partial charge is 0.373 e. The maximum absolute atomic E-state index is 13.0. The molecule has 0 saturated carbocycles. The van der Waals surface area contributed by atoms with Gasteiger partial charge in [0.15, 0.2) is 11.2 Å². The summed E-state index contributed by atoms with van der Waals surface area (Å²) in [5.41, 5.74) is 1.58. The number of benzene rings is 1. The number of ether oxygens (including phenoxy) is 1. The van der Waals surface area contributed by atoms with Crippen molar-refractivity contribution in [3.05, 3.63) is 62.6 Å². The molecular formula is C23H31N5O3. The normalized spacial score (nSPS) is 19.9. The van der Waals surface area contributed by atoms with Crippen LogP contribution in [0.1, 0.15) is 31.7 Å². The lowest BCUT2D eigenvalue weighted by molar-refractivity contribution is -0.0712. The lowest BCUT2D eigenvalue weighted by Gasteiger charge is -2.35. The Labute approximate surface area is 181 Å². The molecule has 4 rings (SSSR count). The Morgan fingerprint density at radius 1 is 1.03 bits per heavy atom. The van der Waals surface area contributed by atoms with Crippen molar-refractivity contribution in [1.82, 2.24) is 23.6 Å².